The first-order valence-corrected chi connectivity index (χ1v) is 11.9. The summed E-state index contributed by atoms with van der Waals surface area (Å²) in [5.41, 5.74) is 1.85. The highest BCUT2D eigenvalue weighted by molar-refractivity contribution is 6.04. The van der Waals surface area contributed by atoms with Crippen LogP contribution in [0.3, 0.4) is 0 Å². The van der Waals surface area contributed by atoms with Gasteiger partial charge in [-0.2, -0.15) is 0 Å². The average molecular weight is 452 g/mol. The Balaban J connectivity index is 1.34. The van der Waals surface area contributed by atoms with Gasteiger partial charge in [0.15, 0.2) is 11.5 Å². The summed E-state index contributed by atoms with van der Waals surface area (Å²) in [6.45, 7) is 1.60. The Morgan fingerprint density at radius 2 is 1.45 bits per heavy atom. The van der Waals surface area contributed by atoms with Crippen LogP contribution in [0.25, 0.3) is 0 Å². The molecule has 2 aromatic carbocycles. The minimum absolute atomic E-state index is 0.0688. The largest absolute Gasteiger partial charge is 0.493 e. The van der Waals surface area contributed by atoms with Crippen molar-refractivity contribution >= 4 is 23.3 Å². The van der Waals surface area contributed by atoms with Crippen LogP contribution in [0.15, 0.2) is 42.5 Å². The number of nitrogens with one attached hydrogen (secondary N) is 2. The lowest BCUT2D eigenvalue weighted by Crippen LogP contribution is -2.35. The third kappa shape index (κ3) is 6.18. The number of hydrogen-bond donors (Lipinski definition) is 2. The van der Waals surface area contributed by atoms with E-state index in [4.69, 9.17) is 9.47 Å². The maximum atomic E-state index is 12.8. The zero-order chi connectivity index (χ0) is 23.0. The van der Waals surface area contributed by atoms with E-state index in [1.807, 2.05) is 4.90 Å². The molecule has 1 heterocycles. The van der Waals surface area contributed by atoms with E-state index >= 15 is 0 Å². The second-order valence-electron chi connectivity index (χ2n) is 8.75. The number of hydrogen-bond acceptors (Lipinski definition) is 4. The number of likely N-dealkylation sites (tertiary alicyclic amines) is 1. The first-order chi connectivity index (χ1) is 16.1. The smallest absolute Gasteiger partial charge is 0.321 e. The molecule has 3 amide bonds. The quantitative estimate of drug-likeness (QED) is 0.592. The van der Waals surface area contributed by atoms with Crippen molar-refractivity contribution in [3.63, 3.8) is 0 Å². The predicted molar refractivity (Wildman–Crippen MR) is 129 cm³/mol. The lowest BCUT2D eigenvalue weighted by Gasteiger charge is -2.20. The number of amides is 3. The third-order valence-electron chi connectivity index (χ3n) is 6.31. The lowest BCUT2D eigenvalue weighted by molar-refractivity contribution is 0.102. The molecule has 2 aliphatic rings. The van der Waals surface area contributed by atoms with Crippen LogP contribution in [0, 0.1) is 0 Å². The molecule has 0 atom stereocenters. The number of ether oxygens (including phenoxy) is 2. The molecule has 1 saturated carbocycles. The lowest BCUT2D eigenvalue weighted by atomic mass is 10.1. The van der Waals surface area contributed by atoms with Gasteiger partial charge in [-0.25, -0.2) is 4.79 Å². The Morgan fingerprint density at radius 1 is 0.818 bits per heavy atom. The van der Waals surface area contributed by atoms with Gasteiger partial charge in [-0.15, -0.1) is 0 Å². The van der Waals surface area contributed by atoms with Crippen LogP contribution < -0.4 is 20.1 Å². The van der Waals surface area contributed by atoms with Gasteiger partial charge in [-0.3, -0.25) is 4.79 Å². The summed E-state index contributed by atoms with van der Waals surface area (Å²) < 4.78 is 11.5. The Labute approximate surface area is 195 Å². The maximum absolute atomic E-state index is 12.8. The van der Waals surface area contributed by atoms with Crippen LogP contribution in [0.4, 0.5) is 16.2 Å². The summed E-state index contributed by atoms with van der Waals surface area (Å²) in [6, 6.07) is 12.3. The molecule has 2 N–H and O–H groups in total. The topological polar surface area (TPSA) is 79.9 Å². The highest BCUT2D eigenvalue weighted by Crippen LogP contribution is 2.32. The zero-order valence-corrected chi connectivity index (χ0v) is 19.3. The van der Waals surface area contributed by atoms with E-state index in [0.29, 0.717) is 28.4 Å². The molecule has 176 valence electrons. The molecule has 2 aromatic rings. The second kappa shape index (κ2) is 11.1. The minimum Gasteiger partial charge on any atom is -0.493 e. The Hall–Kier alpha value is -3.22. The number of carbonyl (C=O) groups excluding carboxylic acids is 2. The summed E-state index contributed by atoms with van der Waals surface area (Å²) in [7, 11) is 1.58. The number of carbonyl (C=O) groups is 2. The van der Waals surface area contributed by atoms with E-state index in [9.17, 15) is 9.59 Å². The molecule has 0 bridgehead atoms. The van der Waals surface area contributed by atoms with E-state index in [1.165, 1.54) is 25.7 Å². The maximum Gasteiger partial charge on any atom is 0.321 e. The van der Waals surface area contributed by atoms with Crippen LogP contribution in [-0.2, 0) is 0 Å². The first kappa shape index (κ1) is 23.0. The molecule has 33 heavy (non-hydrogen) atoms. The van der Waals surface area contributed by atoms with Gasteiger partial charge in [0.2, 0.25) is 0 Å². The molecule has 7 heteroatoms. The number of benzene rings is 2. The van der Waals surface area contributed by atoms with Gasteiger partial charge < -0.3 is 25.0 Å². The number of anilines is 2. The molecule has 0 unspecified atom stereocenters. The van der Waals surface area contributed by atoms with Crippen LogP contribution in [0.5, 0.6) is 11.5 Å². The van der Waals surface area contributed by atoms with Crippen LogP contribution in [-0.4, -0.2) is 43.1 Å². The summed E-state index contributed by atoms with van der Waals surface area (Å²) >= 11 is 0. The SMILES string of the molecule is COc1cc(C(=O)Nc2ccc(NC(=O)N3CCCCCC3)cc2)ccc1OC1CCCC1. The molecule has 2 fully saturated rings. The molecule has 4 rings (SSSR count). The number of nitrogens with zero attached hydrogens (tertiary/aromatic N) is 1. The van der Waals surface area contributed by atoms with E-state index in [0.717, 1.165) is 38.8 Å². The van der Waals surface area contributed by atoms with Crippen LogP contribution in [0.2, 0.25) is 0 Å². The molecular formula is C26H33N3O4. The Bertz CT molecular complexity index is 947. The molecule has 0 aromatic heterocycles. The standard InChI is InChI=1S/C26H33N3O4/c1-32-24-18-19(10-15-23(24)33-22-8-4-5-9-22)25(30)27-20-11-13-21(14-12-20)28-26(31)29-16-6-2-3-7-17-29/h10-15,18,22H,2-9,16-17H2,1H3,(H,27,30)(H,28,31). The van der Waals surface area contributed by atoms with Crippen molar-refractivity contribution in [2.24, 2.45) is 0 Å². The summed E-state index contributed by atoms with van der Waals surface area (Å²) in [5.74, 6) is 0.994. The van der Waals surface area contributed by atoms with Gasteiger partial charge >= 0.3 is 6.03 Å². The highest BCUT2D eigenvalue weighted by Gasteiger charge is 2.20. The van der Waals surface area contributed by atoms with E-state index in [-0.39, 0.29) is 18.0 Å². The van der Waals surface area contributed by atoms with E-state index < -0.39 is 0 Å². The summed E-state index contributed by atoms with van der Waals surface area (Å²) in [5, 5.41) is 5.84. The van der Waals surface area contributed by atoms with Gasteiger partial charge in [-0.1, -0.05) is 12.8 Å². The Morgan fingerprint density at radius 3 is 2.09 bits per heavy atom. The monoisotopic (exact) mass is 451 g/mol. The van der Waals surface area contributed by atoms with Crippen molar-refractivity contribution < 1.29 is 19.1 Å². The van der Waals surface area contributed by atoms with Gasteiger partial charge in [0.1, 0.15) is 0 Å². The second-order valence-corrected chi connectivity index (χ2v) is 8.75. The van der Waals surface area contributed by atoms with Crippen molar-refractivity contribution in [1.82, 2.24) is 4.90 Å². The highest BCUT2D eigenvalue weighted by atomic mass is 16.5. The van der Waals surface area contributed by atoms with Gasteiger partial charge in [0, 0.05) is 30.0 Å². The third-order valence-corrected chi connectivity index (χ3v) is 6.31. The number of urea groups is 1. The van der Waals surface area contributed by atoms with Gasteiger partial charge in [-0.05, 0) is 81.0 Å². The molecular weight excluding hydrogens is 418 g/mol. The molecule has 0 spiro atoms. The molecule has 0 radical (unpaired) electrons. The van der Waals surface area contributed by atoms with E-state index in [1.54, 1.807) is 49.6 Å². The van der Waals surface area contributed by atoms with Gasteiger partial charge in [0.05, 0.1) is 13.2 Å². The Kier molecular flexibility index (Phi) is 7.70. The van der Waals surface area contributed by atoms with Crippen molar-refractivity contribution in [2.45, 2.75) is 57.5 Å². The molecule has 1 aliphatic heterocycles. The van der Waals surface area contributed by atoms with Crippen LogP contribution in [0.1, 0.15) is 61.7 Å². The van der Waals surface area contributed by atoms with Crippen molar-refractivity contribution in [2.75, 3.05) is 30.8 Å². The molecule has 1 saturated heterocycles. The fourth-order valence-corrected chi connectivity index (χ4v) is 4.41. The molecule has 1 aliphatic carbocycles. The fourth-order valence-electron chi connectivity index (χ4n) is 4.41. The zero-order valence-electron chi connectivity index (χ0n) is 19.3. The van der Waals surface area contributed by atoms with Crippen molar-refractivity contribution in [3.8, 4) is 11.5 Å². The fraction of sp³-hybridized carbons (Fsp3) is 0.462. The first-order valence-electron chi connectivity index (χ1n) is 11.9. The number of rotatable bonds is 6. The normalized spacial score (nSPS) is 16.7. The minimum atomic E-state index is -0.234. The summed E-state index contributed by atoms with van der Waals surface area (Å²) in [6.07, 6.45) is 9.17. The summed E-state index contributed by atoms with van der Waals surface area (Å²) in [4.78, 5) is 27.1. The van der Waals surface area contributed by atoms with Crippen molar-refractivity contribution in [3.05, 3.63) is 48.0 Å². The van der Waals surface area contributed by atoms with E-state index in [2.05, 4.69) is 10.6 Å². The predicted octanol–water partition coefficient (Wildman–Crippen LogP) is 5.68. The van der Waals surface area contributed by atoms with Gasteiger partial charge in [0.25, 0.3) is 5.91 Å². The van der Waals surface area contributed by atoms with Crippen LogP contribution >= 0.6 is 0 Å². The van der Waals surface area contributed by atoms with Crippen molar-refractivity contribution in [1.29, 1.82) is 0 Å². The molecule has 7 nitrogen and oxygen atoms in total. The number of methoxy groups -OCH3 is 1. The average Bonchev–Trinajstić information content (AvgIpc) is 3.19.